The molecule has 8 nitrogen and oxygen atoms in total. The number of carbonyl (C=O) groups is 1. The van der Waals surface area contributed by atoms with E-state index in [2.05, 4.69) is 10.3 Å². The van der Waals surface area contributed by atoms with Crippen molar-refractivity contribution in [2.75, 3.05) is 13.7 Å². The maximum Gasteiger partial charge on any atom is 0.387 e. The molecule has 3 aromatic rings. The molecule has 182 valence electrons. The molecule has 34 heavy (non-hydrogen) atoms. The molecule has 1 atom stereocenters. The molecule has 0 spiro atoms. The second-order valence-electron chi connectivity index (χ2n) is 8.63. The summed E-state index contributed by atoms with van der Waals surface area (Å²) in [6.45, 7) is 1.32. The average molecular weight is 475 g/mol. The number of nitrogens with one attached hydrogen (secondary N) is 1. The fourth-order valence-electron chi connectivity index (χ4n) is 3.45. The second-order valence-corrected chi connectivity index (χ2v) is 8.63. The number of nitrogens with two attached hydrogens (primary N) is 1. The van der Waals surface area contributed by atoms with Gasteiger partial charge < -0.3 is 25.3 Å². The predicted octanol–water partition coefficient (Wildman–Crippen LogP) is 3.87. The summed E-state index contributed by atoms with van der Waals surface area (Å²) in [7, 11) is 1.37. The number of imidazole rings is 1. The molecule has 3 N–H and O–H groups in total. The first-order valence-electron chi connectivity index (χ1n) is 11.1. The van der Waals surface area contributed by atoms with E-state index in [-0.39, 0.29) is 35.1 Å². The number of ether oxygens (including phenoxy) is 3. The lowest BCUT2D eigenvalue weighted by Crippen LogP contribution is -2.32. The van der Waals surface area contributed by atoms with E-state index in [0.717, 1.165) is 12.8 Å². The van der Waals surface area contributed by atoms with Crippen molar-refractivity contribution in [3.05, 3.63) is 42.2 Å². The Morgan fingerprint density at radius 2 is 2.00 bits per heavy atom. The molecule has 2 aromatic heterocycles. The predicted molar refractivity (Wildman–Crippen MR) is 123 cm³/mol. The van der Waals surface area contributed by atoms with Crippen LogP contribution in [-0.2, 0) is 0 Å². The number of alkyl halides is 2. The van der Waals surface area contributed by atoms with Crippen LogP contribution in [0.4, 0.5) is 8.78 Å². The summed E-state index contributed by atoms with van der Waals surface area (Å²) in [4.78, 5) is 17.1. The van der Waals surface area contributed by atoms with E-state index in [1.54, 1.807) is 35.0 Å². The third-order valence-electron chi connectivity index (χ3n) is 5.72. The Morgan fingerprint density at radius 1 is 1.26 bits per heavy atom. The van der Waals surface area contributed by atoms with Gasteiger partial charge in [0.2, 0.25) is 0 Å². The number of fused-ring (bicyclic) bond motifs is 1. The fraction of sp³-hybridized carbons (Fsp3) is 0.417. The molecule has 0 radical (unpaired) electrons. The first-order chi connectivity index (χ1) is 16.3. The quantitative estimate of drug-likeness (QED) is 0.463. The maximum atomic E-state index is 13.2. The highest BCUT2D eigenvalue weighted by Crippen LogP contribution is 2.37. The van der Waals surface area contributed by atoms with E-state index >= 15 is 0 Å². The van der Waals surface area contributed by atoms with Gasteiger partial charge in [-0.2, -0.15) is 8.78 Å². The molecule has 1 aromatic carbocycles. The van der Waals surface area contributed by atoms with Gasteiger partial charge in [-0.25, -0.2) is 4.98 Å². The van der Waals surface area contributed by atoms with E-state index in [1.165, 1.54) is 13.2 Å². The van der Waals surface area contributed by atoms with Crippen LogP contribution >= 0.6 is 0 Å². The minimum atomic E-state index is -3.11. The molecule has 1 fully saturated rings. The Balaban J connectivity index is 1.68. The summed E-state index contributed by atoms with van der Waals surface area (Å²) < 4.78 is 44.0. The van der Waals surface area contributed by atoms with E-state index in [0.29, 0.717) is 29.3 Å². The lowest BCUT2D eigenvalue weighted by Gasteiger charge is -2.17. The first-order valence-corrected chi connectivity index (χ1v) is 11.1. The van der Waals surface area contributed by atoms with Gasteiger partial charge in [-0.15, -0.1) is 0 Å². The molecule has 0 bridgehead atoms. The summed E-state index contributed by atoms with van der Waals surface area (Å²) in [5.41, 5.74) is 7.68. The zero-order valence-electron chi connectivity index (χ0n) is 19.3. The Hall–Kier alpha value is -3.40. The van der Waals surface area contributed by atoms with Crippen LogP contribution in [0, 0.1) is 5.92 Å². The van der Waals surface area contributed by atoms with E-state index in [1.807, 2.05) is 13.8 Å². The molecule has 2 heterocycles. The zero-order chi connectivity index (χ0) is 24.4. The van der Waals surface area contributed by atoms with Gasteiger partial charge in [-0.1, -0.05) is 13.8 Å². The number of hydrogen-bond acceptors (Lipinski definition) is 6. The largest absolute Gasteiger partial charge is 0.496 e. The number of carbonyl (C=O) groups excluding carboxylic acids is 1. The monoisotopic (exact) mass is 474 g/mol. The number of aromatic nitrogens is 2. The maximum absolute atomic E-state index is 13.2. The molecule has 1 aliphatic rings. The fourth-order valence-corrected chi connectivity index (χ4v) is 3.45. The molecule has 1 unspecified atom stereocenters. The normalized spacial score (nSPS) is 14.5. The number of rotatable bonds is 10. The number of nitrogens with zero attached hydrogens (tertiary/aromatic N) is 2. The third-order valence-corrected chi connectivity index (χ3v) is 5.72. The van der Waals surface area contributed by atoms with Crippen molar-refractivity contribution in [2.24, 2.45) is 11.7 Å². The van der Waals surface area contributed by atoms with Crippen molar-refractivity contribution < 1.29 is 27.8 Å². The Kier molecular flexibility index (Phi) is 6.87. The topological polar surface area (TPSA) is 100 Å². The summed E-state index contributed by atoms with van der Waals surface area (Å²) in [5.74, 6) is 0.257. The number of benzene rings is 1. The summed E-state index contributed by atoms with van der Waals surface area (Å²) >= 11 is 0. The van der Waals surface area contributed by atoms with E-state index < -0.39 is 12.5 Å². The molecular formula is C24H28F2N4O4. The zero-order valence-corrected chi connectivity index (χ0v) is 19.3. The van der Waals surface area contributed by atoms with E-state index in [9.17, 15) is 13.6 Å². The van der Waals surface area contributed by atoms with Crippen molar-refractivity contribution in [2.45, 2.75) is 45.4 Å². The summed E-state index contributed by atoms with van der Waals surface area (Å²) in [6, 6.07) is 6.49. The van der Waals surface area contributed by atoms with Crippen LogP contribution in [0.25, 0.3) is 16.9 Å². The van der Waals surface area contributed by atoms with Crippen molar-refractivity contribution in [1.82, 2.24) is 14.7 Å². The van der Waals surface area contributed by atoms with Crippen LogP contribution in [0.2, 0.25) is 0 Å². The number of pyridine rings is 1. The second kappa shape index (κ2) is 9.84. The highest BCUT2D eigenvalue weighted by Gasteiger charge is 2.29. The molecule has 1 saturated carbocycles. The highest BCUT2D eigenvalue weighted by atomic mass is 19.3. The van der Waals surface area contributed by atoms with Crippen LogP contribution < -0.4 is 25.3 Å². The number of methoxy groups -OCH3 is 1. The van der Waals surface area contributed by atoms with Crippen molar-refractivity contribution in [3.8, 4) is 28.5 Å². The van der Waals surface area contributed by atoms with Gasteiger partial charge in [0.15, 0.2) is 0 Å². The van der Waals surface area contributed by atoms with Gasteiger partial charge in [-0.05, 0) is 37.0 Å². The van der Waals surface area contributed by atoms with Gasteiger partial charge >= 0.3 is 6.61 Å². The Morgan fingerprint density at radius 3 is 2.65 bits per heavy atom. The minimum absolute atomic E-state index is 0.0431. The third kappa shape index (κ3) is 5.22. The van der Waals surface area contributed by atoms with Crippen molar-refractivity contribution >= 4 is 11.6 Å². The number of hydrogen-bond donors (Lipinski definition) is 2. The molecule has 10 heteroatoms. The SMILES string of the molecule is COc1cc(-c2cnc3cc(OCC(N)C(C)C)ccn23)cc(OC(F)F)c1C(=O)NC1CC1. The van der Waals surface area contributed by atoms with Crippen LogP contribution in [0.15, 0.2) is 36.7 Å². The van der Waals surface area contributed by atoms with Crippen LogP contribution in [-0.4, -0.2) is 47.7 Å². The lowest BCUT2D eigenvalue weighted by atomic mass is 10.1. The first kappa shape index (κ1) is 23.7. The van der Waals surface area contributed by atoms with Gasteiger partial charge in [-0.3, -0.25) is 9.20 Å². The van der Waals surface area contributed by atoms with Gasteiger partial charge in [0, 0.05) is 29.9 Å². The Bertz CT molecular complexity index is 1180. The van der Waals surface area contributed by atoms with Crippen LogP contribution in [0.1, 0.15) is 37.0 Å². The van der Waals surface area contributed by atoms with Crippen molar-refractivity contribution in [1.29, 1.82) is 0 Å². The van der Waals surface area contributed by atoms with Gasteiger partial charge in [0.05, 0.1) is 19.0 Å². The van der Waals surface area contributed by atoms with Gasteiger partial charge in [0.1, 0.15) is 35.1 Å². The van der Waals surface area contributed by atoms with Crippen LogP contribution in [0.5, 0.6) is 17.2 Å². The molecule has 0 aliphatic heterocycles. The summed E-state index contributed by atoms with van der Waals surface area (Å²) in [6.07, 6.45) is 5.08. The van der Waals surface area contributed by atoms with Gasteiger partial charge in [0.25, 0.3) is 5.91 Å². The Labute approximate surface area is 196 Å². The average Bonchev–Trinajstić information content (AvgIpc) is 3.51. The molecule has 1 aliphatic carbocycles. The number of amides is 1. The van der Waals surface area contributed by atoms with E-state index in [4.69, 9.17) is 19.9 Å². The molecule has 4 rings (SSSR count). The molecular weight excluding hydrogens is 446 g/mol. The highest BCUT2D eigenvalue weighted by molar-refractivity contribution is 6.01. The van der Waals surface area contributed by atoms with Crippen molar-refractivity contribution in [3.63, 3.8) is 0 Å². The molecule has 1 amide bonds. The summed E-state index contributed by atoms with van der Waals surface area (Å²) in [5, 5.41) is 2.79. The standard InChI is InChI=1S/C24H28F2N4O4/c1-13(2)17(27)12-33-16-6-7-30-18(11-28-21(30)10-16)14-8-19(32-3)22(20(9-14)34-24(25)26)23(31)29-15-4-5-15/h6-11,13,15,17,24H,4-5,12,27H2,1-3H3,(H,29,31). The lowest BCUT2D eigenvalue weighted by molar-refractivity contribution is -0.0502. The number of halogens is 2. The minimum Gasteiger partial charge on any atom is -0.496 e. The van der Waals surface area contributed by atoms with Crippen LogP contribution in [0.3, 0.4) is 0 Å². The smallest absolute Gasteiger partial charge is 0.387 e. The molecule has 0 saturated heterocycles.